The third kappa shape index (κ3) is 7.72. The number of amides is 1. The number of rotatable bonds is 11. The van der Waals surface area contributed by atoms with Crippen molar-refractivity contribution in [1.29, 1.82) is 0 Å². The number of piperidine rings is 1. The van der Waals surface area contributed by atoms with Crippen LogP contribution in [0.3, 0.4) is 0 Å². The molecule has 0 radical (unpaired) electrons. The van der Waals surface area contributed by atoms with E-state index >= 15 is 0 Å². The first-order chi connectivity index (χ1) is 19.7. The SMILES string of the molecule is CCN1CCN(CCNC(=O)c2ccccc2OC2CCN(CC(c3ccccc3)c3ccccc3)CC2)CC1. The fourth-order valence-corrected chi connectivity index (χ4v) is 5.93. The molecule has 6 heteroatoms. The van der Waals surface area contributed by atoms with Crippen LogP contribution in [0.2, 0.25) is 0 Å². The summed E-state index contributed by atoms with van der Waals surface area (Å²) < 4.78 is 6.45. The Labute approximate surface area is 239 Å². The van der Waals surface area contributed by atoms with Gasteiger partial charge in [-0.1, -0.05) is 79.7 Å². The lowest BCUT2D eigenvalue weighted by Crippen LogP contribution is -2.48. The molecule has 3 aromatic rings. The standard InChI is InChI=1S/C34H44N4O2/c1-2-36-23-25-37(26-24-36)22-19-35-34(39)31-15-9-10-16-33(31)40-30-17-20-38(21-18-30)27-32(28-11-5-3-6-12-28)29-13-7-4-8-14-29/h3-16,30,32H,2,17-27H2,1H3,(H,35,39). The van der Waals surface area contributed by atoms with Crippen LogP contribution in [-0.4, -0.2) is 92.2 Å². The smallest absolute Gasteiger partial charge is 0.255 e. The van der Waals surface area contributed by atoms with Gasteiger partial charge in [-0.3, -0.25) is 9.69 Å². The number of piperazine rings is 1. The van der Waals surface area contributed by atoms with Crippen molar-refractivity contribution in [3.8, 4) is 5.75 Å². The van der Waals surface area contributed by atoms with Crippen molar-refractivity contribution in [2.45, 2.75) is 31.8 Å². The third-order valence-corrected chi connectivity index (χ3v) is 8.43. The minimum atomic E-state index is -0.0474. The van der Waals surface area contributed by atoms with Crippen molar-refractivity contribution in [3.63, 3.8) is 0 Å². The van der Waals surface area contributed by atoms with Crippen LogP contribution in [-0.2, 0) is 0 Å². The molecule has 40 heavy (non-hydrogen) atoms. The quantitative estimate of drug-likeness (QED) is 0.381. The van der Waals surface area contributed by atoms with E-state index in [1.165, 1.54) is 11.1 Å². The van der Waals surface area contributed by atoms with Crippen LogP contribution in [0.15, 0.2) is 84.9 Å². The molecule has 0 saturated carbocycles. The summed E-state index contributed by atoms with van der Waals surface area (Å²) in [6, 6.07) is 29.3. The molecule has 5 rings (SSSR count). The summed E-state index contributed by atoms with van der Waals surface area (Å²) >= 11 is 0. The highest BCUT2D eigenvalue weighted by molar-refractivity contribution is 5.96. The first-order valence-electron chi connectivity index (χ1n) is 15.0. The number of carbonyl (C=O) groups excluding carboxylic acids is 1. The van der Waals surface area contributed by atoms with E-state index in [4.69, 9.17) is 4.74 Å². The van der Waals surface area contributed by atoms with Crippen LogP contribution in [0.25, 0.3) is 0 Å². The van der Waals surface area contributed by atoms with Crippen LogP contribution in [0, 0.1) is 0 Å². The van der Waals surface area contributed by atoms with E-state index in [0.717, 1.165) is 71.7 Å². The molecule has 0 atom stereocenters. The molecule has 2 aliphatic heterocycles. The average Bonchev–Trinajstić information content (AvgIpc) is 3.02. The Hall–Kier alpha value is -3.19. The normalized spacial score (nSPS) is 17.6. The minimum Gasteiger partial charge on any atom is -0.489 e. The van der Waals surface area contributed by atoms with Crippen LogP contribution >= 0.6 is 0 Å². The molecule has 212 valence electrons. The Kier molecular flexibility index (Phi) is 10.2. The highest BCUT2D eigenvalue weighted by Gasteiger charge is 2.25. The van der Waals surface area contributed by atoms with Gasteiger partial charge in [-0.2, -0.15) is 0 Å². The molecule has 1 amide bonds. The van der Waals surface area contributed by atoms with Gasteiger partial charge in [-0.05, 0) is 42.6 Å². The second-order valence-electron chi connectivity index (χ2n) is 11.0. The van der Waals surface area contributed by atoms with E-state index < -0.39 is 0 Å². The summed E-state index contributed by atoms with van der Waals surface area (Å²) in [6.07, 6.45) is 2.03. The van der Waals surface area contributed by atoms with Crippen molar-refractivity contribution in [2.24, 2.45) is 0 Å². The first kappa shape index (κ1) is 28.3. The summed E-state index contributed by atoms with van der Waals surface area (Å²) in [4.78, 5) is 20.5. The van der Waals surface area contributed by atoms with Gasteiger partial charge in [0.1, 0.15) is 11.9 Å². The van der Waals surface area contributed by atoms with Gasteiger partial charge in [0, 0.05) is 64.8 Å². The fraction of sp³-hybridized carbons (Fsp3) is 0.441. The highest BCUT2D eigenvalue weighted by Crippen LogP contribution is 2.28. The maximum atomic E-state index is 13.1. The molecule has 0 unspecified atom stereocenters. The van der Waals surface area contributed by atoms with Crippen molar-refractivity contribution < 1.29 is 9.53 Å². The van der Waals surface area contributed by atoms with E-state index in [-0.39, 0.29) is 12.0 Å². The second kappa shape index (κ2) is 14.4. The van der Waals surface area contributed by atoms with Gasteiger partial charge < -0.3 is 19.9 Å². The molecule has 6 nitrogen and oxygen atoms in total. The molecule has 2 heterocycles. The molecular formula is C34H44N4O2. The molecule has 0 aromatic heterocycles. The summed E-state index contributed by atoms with van der Waals surface area (Å²) in [5.41, 5.74) is 3.35. The van der Waals surface area contributed by atoms with Gasteiger partial charge in [-0.25, -0.2) is 0 Å². The molecule has 3 aromatic carbocycles. The number of nitrogens with zero attached hydrogens (tertiary/aromatic N) is 3. The van der Waals surface area contributed by atoms with E-state index in [2.05, 4.69) is 87.6 Å². The zero-order valence-corrected chi connectivity index (χ0v) is 23.9. The van der Waals surface area contributed by atoms with E-state index in [9.17, 15) is 4.79 Å². The van der Waals surface area contributed by atoms with Crippen molar-refractivity contribution in [2.75, 3.05) is 65.4 Å². The molecule has 0 spiro atoms. The number of para-hydroxylation sites is 1. The summed E-state index contributed by atoms with van der Waals surface area (Å²) in [7, 11) is 0. The lowest BCUT2D eigenvalue weighted by atomic mass is 9.90. The Morgan fingerprint density at radius 1 is 0.775 bits per heavy atom. The lowest BCUT2D eigenvalue weighted by Gasteiger charge is -2.35. The molecule has 2 aliphatic rings. The molecule has 1 N–H and O–H groups in total. The highest BCUT2D eigenvalue weighted by atomic mass is 16.5. The molecule has 2 saturated heterocycles. The Morgan fingerprint density at radius 2 is 1.35 bits per heavy atom. The average molecular weight is 541 g/mol. The number of likely N-dealkylation sites (N-methyl/N-ethyl adjacent to an activating group) is 1. The predicted octanol–water partition coefficient (Wildman–Crippen LogP) is 4.73. The Bertz CT molecular complexity index is 1130. The summed E-state index contributed by atoms with van der Waals surface area (Å²) in [6.45, 7) is 12.2. The van der Waals surface area contributed by atoms with Crippen molar-refractivity contribution >= 4 is 5.91 Å². The predicted molar refractivity (Wildman–Crippen MR) is 162 cm³/mol. The second-order valence-corrected chi connectivity index (χ2v) is 11.0. The maximum Gasteiger partial charge on any atom is 0.255 e. The van der Waals surface area contributed by atoms with E-state index in [1.807, 2.05) is 24.3 Å². The molecule has 0 aliphatic carbocycles. The van der Waals surface area contributed by atoms with Gasteiger partial charge in [0.05, 0.1) is 5.56 Å². The fourth-order valence-electron chi connectivity index (χ4n) is 5.93. The van der Waals surface area contributed by atoms with E-state index in [1.54, 1.807) is 0 Å². The van der Waals surface area contributed by atoms with E-state index in [0.29, 0.717) is 23.8 Å². The minimum absolute atomic E-state index is 0.0474. The van der Waals surface area contributed by atoms with Crippen LogP contribution < -0.4 is 10.1 Å². The number of carbonyl (C=O) groups is 1. The van der Waals surface area contributed by atoms with Gasteiger partial charge >= 0.3 is 0 Å². The zero-order valence-electron chi connectivity index (χ0n) is 23.9. The Morgan fingerprint density at radius 3 is 1.98 bits per heavy atom. The van der Waals surface area contributed by atoms with Gasteiger partial charge in [0.25, 0.3) is 5.91 Å². The van der Waals surface area contributed by atoms with Gasteiger partial charge in [0.15, 0.2) is 0 Å². The van der Waals surface area contributed by atoms with Crippen LogP contribution in [0.4, 0.5) is 0 Å². The van der Waals surface area contributed by atoms with Crippen LogP contribution in [0.5, 0.6) is 5.75 Å². The topological polar surface area (TPSA) is 48.1 Å². The number of hydrogen-bond donors (Lipinski definition) is 1. The summed E-state index contributed by atoms with van der Waals surface area (Å²) in [5, 5.41) is 3.13. The maximum absolute atomic E-state index is 13.1. The van der Waals surface area contributed by atoms with Crippen molar-refractivity contribution in [1.82, 2.24) is 20.0 Å². The molecule has 2 fully saturated rings. The Balaban J connectivity index is 1.12. The number of ether oxygens (including phenoxy) is 1. The number of benzene rings is 3. The van der Waals surface area contributed by atoms with Crippen molar-refractivity contribution in [3.05, 3.63) is 102 Å². The lowest BCUT2D eigenvalue weighted by molar-refractivity contribution is 0.0890. The monoisotopic (exact) mass is 540 g/mol. The first-order valence-corrected chi connectivity index (χ1v) is 15.0. The third-order valence-electron chi connectivity index (χ3n) is 8.43. The summed E-state index contributed by atoms with van der Waals surface area (Å²) in [5.74, 6) is 0.995. The van der Waals surface area contributed by atoms with Gasteiger partial charge in [0.2, 0.25) is 0 Å². The number of hydrogen-bond acceptors (Lipinski definition) is 5. The number of likely N-dealkylation sites (tertiary alicyclic amines) is 1. The number of nitrogens with one attached hydrogen (secondary N) is 1. The van der Waals surface area contributed by atoms with Gasteiger partial charge in [-0.15, -0.1) is 0 Å². The molecule has 0 bridgehead atoms. The zero-order chi connectivity index (χ0) is 27.6. The largest absolute Gasteiger partial charge is 0.489 e. The van der Waals surface area contributed by atoms with Crippen LogP contribution in [0.1, 0.15) is 47.2 Å². The molecular weight excluding hydrogens is 496 g/mol.